The number of hydrogen-bond donors (Lipinski definition) is 1. The van der Waals surface area contributed by atoms with Crippen molar-refractivity contribution in [1.82, 2.24) is 4.90 Å². The van der Waals surface area contributed by atoms with Crippen molar-refractivity contribution in [3.63, 3.8) is 0 Å². The number of likely N-dealkylation sites (tertiary alicyclic amines) is 1. The number of aryl methyl sites for hydroxylation is 1. The van der Waals surface area contributed by atoms with Crippen LogP contribution in [0.2, 0.25) is 0 Å². The van der Waals surface area contributed by atoms with Crippen molar-refractivity contribution in [3.05, 3.63) is 35.1 Å². The maximum absolute atomic E-state index is 13.6. The van der Waals surface area contributed by atoms with E-state index >= 15 is 0 Å². The van der Waals surface area contributed by atoms with Crippen LogP contribution in [0.15, 0.2) is 18.2 Å². The number of carboxylic acid groups (broad SMARTS) is 1. The van der Waals surface area contributed by atoms with Gasteiger partial charge in [-0.25, -0.2) is 4.39 Å². The predicted octanol–water partition coefficient (Wildman–Crippen LogP) is 2.99. The summed E-state index contributed by atoms with van der Waals surface area (Å²) in [7, 11) is 0. The molecule has 1 saturated heterocycles. The first-order valence-corrected chi connectivity index (χ1v) is 6.72. The zero-order valence-corrected chi connectivity index (χ0v) is 11.4. The molecule has 2 rings (SSSR count). The van der Waals surface area contributed by atoms with E-state index in [1.165, 1.54) is 0 Å². The first kappa shape index (κ1) is 14.0. The van der Waals surface area contributed by atoms with Crippen LogP contribution in [0.4, 0.5) is 4.39 Å². The summed E-state index contributed by atoms with van der Waals surface area (Å²) < 4.78 is 13.6. The third-order valence-electron chi connectivity index (χ3n) is 4.10. The van der Waals surface area contributed by atoms with E-state index in [1.807, 2.05) is 13.0 Å². The van der Waals surface area contributed by atoms with Crippen LogP contribution in [0, 0.1) is 18.7 Å². The zero-order chi connectivity index (χ0) is 14.0. The highest BCUT2D eigenvalue weighted by atomic mass is 19.1. The SMILES string of the molecule is Cc1ccc(C(C)N2CCC(C(=O)O)CC2)cc1F. The maximum Gasteiger partial charge on any atom is 0.306 e. The minimum absolute atomic E-state index is 0.129. The van der Waals surface area contributed by atoms with E-state index in [2.05, 4.69) is 4.90 Å². The largest absolute Gasteiger partial charge is 0.481 e. The minimum atomic E-state index is -0.700. The molecule has 1 aliphatic heterocycles. The van der Waals surface area contributed by atoms with E-state index in [0.717, 1.165) is 18.7 Å². The number of rotatable bonds is 3. The summed E-state index contributed by atoms with van der Waals surface area (Å²) in [4.78, 5) is 13.1. The van der Waals surface area contributed by atoms with Gasteiger partial charge in [0.15, 0.2) is 0 Å². The Morgan fingerprint density at radius 3 is 2.58 bits per heavy atom. The molecule has 1 aliphatic rings. The molecule has 0 bridgehead atoms. The Morgan fingerprint density at radius 1 is 1.42 bits per heavy atom. The molecule has 0 radical (unpaired) electrons. The van der Waals surface area contributed by atoms with Gasteiger partial charge in [0.25, 0.3) is 0 Å². The van der Waals surface area contributed by atoms with Gasteiger partial charge < -0.3 is 5.11 Å². The Hall–Kier alpha value is -1.42. The molecule has 19 heavy (non-hydrogen) atoms. The Morgan fingerprint density at radius 2 is 2.05 bits per heavy atom. The molecule has 1 fully saturated rings. The van der Waals surface area contributed by atoms with Gasteiger partial charge in [-0.1, -0.05) is 12.1 Å². The number of carbonyl (C=O) groups is 1. The Labute approximate surface area is 113 Å². The number of aliphatic carboxylic acids is 1. The summed E-state index contributed by atoms with van der Waals surface area (Å²) in [6.07, 6.45) is 1.35. The molecule has 1 aromatic carbocycles. The molecular formula is C15H20FNO2. The standard InChI is InChI=1S/C15H20FNO2/c1-10-3-4-13(9-14(10)16)11(2)17-7-5-12(6-8-17)15(18)19/h3-4,9,11-12H,5-8H2,1-2H3,(H,18,19). The summed E-state index contributed by atoms with van der Waals surface area (Å²) in [5.41, 5.74) is 1.61. The molecule has 1 heterocycles. The van der Waals surface area contributed by atoms with Crippen molar-refractivity contribution in [3.8, 4) is 0 Å². The van der Waals surface area contributed by atoms with Gasteiger partial charge in [0.05, 0.1) is 5.92 Å². The average Bonchev–Trinajstić information content (AvgIpc) is 2.41. The maximum atomic E-state index is 13.6. The first-order chi connectivity index (χ1) is 8.99. The highest BCUT2D eigenvalue weighted by molar-refractivity contribution is 5.70. The molecule has 3 nitrogen and oxygen atoms in total. The molecule has 1 aromatic rings. The van der Waals surface area contributed by atoms with Gasteiger partial charge in [-0.3, -0.25) is 9.69 Å². The van der Waals surface area contributed by atoms with Crippen LogP contribution in [0.3, 0.4) is 0 Å². The molecule has 0 amide bonds. The van der Waals surface area contributed by atoms with Crippen molar-refractivity contribution < 1.29 is 14.3 Å². The van der Waals surface area contributed by atoms with E-state index in [1.54, 1.807) is 19.1 Å². The van der Waals surface area contributed by atoms with Crippen molar-refractivity contribution in [2.24, 2.45) is 5.92 Å². The molecule has 104 valence electrons. The fourth-order valence-electron chi connectivity index (χ4n) is 2.61. The van der Waals surface area contributed by atoms with Gasteiger partial charge in [-0.05, 0) is 57.0 Å². The molecule has 1 unspecified atom stereocenters. The Kier molecular flexibility index (Phi) is 4.20. The zero-order valence-electron chi connectivity index (χ0n) is 11.4. The quantitative estimate of drug-likeness (QED) is 0.913. The van der Waals surface area contributed by atoms with E-state index in [0.29, 0.717) is 18.4 Å². The van der Waals surface area contributed by atoms with Crippen molar-refractivity contribution in [2.45, 2.75) is 32.7 Å². The molecule has 0 spiro atoms. The highest BCUT2D eigenvalue weighted by Gasteiger charge is 2.27. The van der Waals surface area contributed by atoms with Crippen LogP contribution in [0.5, 0.6) is 0 Å². The van der Waals surface area contributed by atoms with Gasteiger partial charge in [0.1, 0.15) is 5.82 Å². The van der Waals surface area contributed by atoms with Crippen LogP contribution < -0.4 is 0 Å². The van der Waals surface area contributed by atoms with Gasteiger partial charge in [-0.15, -0.1) is 0 Å². The fraction of sp³-hybridized carbons (Fsp3) is 0.533. The van der Waals surface area contributed by atoms with E-state index < -0.39 is 5.97 Å². The van der Waals surface area contributed by atoms with E-state index in [4.69, 9.17) is 5.11 Å². The van der Waals surface area contributed by atoms with E-state index in [9.17, 15) is 9.18 Å². The second-order valence-corrected chi connectivity index (χ2v) is 5.33. The topological polar surface area (TPSA) is 40.5 Å². The smallest absolute Gasteiger partial charge is 0.306 e. The van der Waals surface area contributed by atoms with Crippen LogP contribution in [-0.4, -0.2) is 29.1 Å². The fourth-order valence-corrected chi connectivity index (χ4v) is 2.61. The van der Waals surface area contributed by atoms with Crippen LogP contribution >= 0.6 is 0 Å². The van der Waals surface area contributed by atoms with Gasteiger partial charge in [0, 0.05) is 6.04 Å². The number of carboxylic acids is 1. The molecule has 0 aliphatic carbocycles. The Bertz CT molecular complexity index is 467. The van der Waals surface area contributed by atoms with Gasteiger partial charge in [-0.2, -0.15) is 0 Å². The van der Waals surface area contributed by atoms with Crippen molar-refractivity contribution >= 4 is 5.97 Å². The summed E-state index contributed by atoms with van der Waals surface area (Å²) in [6, 6.07) is 5.46. The number of piperidine rings is 1. The average molecular weight is 265 g/mol. The van der Waals surface area contributed by atoms with Crippen LogP contribution in [-0.2, 0) is 4.79 Å². The summed E-state index contributed by atoms with van der Waals surface area (Å²) in [5, 5.41) is 8.98. The van der Waals surface area contributed by atoms with Gasteiger partial charge >= 0.3 is 5.97 Å². The monoisotopic (exact) mass is 265 g/mol. The predicted molar refractivity (Wildman–Crippen MR) is 71.5 cm³/mol. The summed E-state index contributed by atoms with van der Waals surface area (Å²) in [6.45, 7) is 5.31. The lowest BCUT2D eigenvalue weighted by Crippen LogP contribution is -2.37. The van der Waals surface area contributed by atoms with Crippen molar-refractivity contribution in [1.29, 1.82) is 0 Å². The van der Waals surface area contributed by atoms with E-state index in [-0.39, 0.29) is 17.8 Å². The second kappa shape index (κ2) is 5.70. The lowest BCUT2D eigenvalue weighted by atomic mass is 9.94. The lowest BCUT2D eigenvalue weighted by molar-refractivity contribution is -0.143. The molecule has 1 atom stereocenters. The molecule has 0 aromatic heterocycles. The molecule has 4 heteroatoms. The number of hydrogen-bond acceptors (Lipinski definition) is 2. The Balaban J connectivity index is 2.02. The minimum Gasteiger partial charge on any atom is -0.481 e. The lowest BCUT2D eigenvalue weighted by Gasteiger charge is -2.35. The van der Waals surface area contributed by atoms with Crippen LogP contribution in [0.1, 0.15) is 36.9 Å². The first-order valence-electron chi connectivity index (χ1n) is 6.72. The van der Waals surface area contributed by atoms with Gasteiger partial charge in [0.2, 0.25) is 0 Å². The van der Waals surface area contributed by atoms with Crippen molar-refractivity contribution in [2.75, 3.05) is 13.1 Å². The number of nitrogens with zero attached hydrogens (tertiary/aromatic N) is 1. The molecular weight excluding hydrogens is 245 g/mol. The van der Waals surface area contributed by atoms with Crippen LogP contribution in [0.25, 0.3) is 0 Å². The highest BCUT2D eigenvalue weighted by Crippen LogP contribution is 2.27. The molecule has 1 N–H and O–H groups in total. The number of benzene rings is 1. The normalized spacial score (nSPS) is 19.3. The molecule has 0 saturated carbocycles. The number of halogens is 1. The third kappa shape index (κ3) is 3.13. The summed E-state index contributed by atoms with van der Waals surface area (Å²) >= 11 is 0. The third-order valence-corrected chi connectivity index (χ3v) is 4.10. The second-order valence-electron chi connectivity index (χ2n) is 5.33. The summed E-state index contributed by atoms with van der Waals surface area (Å²) in [5.74, 6) is -1.10.